The van der Waals surface area contributed by atoms with Crippen molar-refractivity contribution in [3.05, 3.63) is 0 Å². The second-order valence-corrected chi connectivity index (χ2v) is 21.2. The Balaban J connectivity index is 1.39. The Bertz CT molecular complexity index is 2230. The van der Waals surface area contributed by atoms with E-state index in [4.69, 9.17) is 52.1 Å². The molecule has 31 atom stereocenters. The molecule has 0 aliphatic carbocycles. The Hall–Kier alpha value is -3.81. The molecule has 0 radical (unpaired) electrons. The van der Waals surface area contributed by atoms with Gasteiger partial charge in [-0.05, 0) is 0 Å². The normalized spacial score (nSPS) is 44.6. The van der Waals surface area contributed by atoms with Crippen molar-refractivity contribution >= 4 is 29.6 Å². The Kier molecular flexibility index (Phi) is 25.5. The van der Waals surface area contributed by atoms with E-state index >= 15 is 0 Å². The van der Waals surface area contributed by atoms with Crippen molar-refractivity contribution in [2.45, 2.75) is 217 Å². The first-order valence-electron chi connectivity index (χ1n) is 26.9. The predicted octanol–water partition coefficient (Wildman–Crippen LogP) is -15.3. The molecule has 2 unspecified atom stereocenters. The van der Waals surface area contributed by atoms with Gasteiger partial charge >= 0.3 is 5.97 Å². The zero-order valence-electron chi connectivity index (χ0n) is 46.0. The van der Waals surface area contributed by atoms with E-state index in [0.717, 1.165) is 20.8 Å². The standard InChI is InChI=1S/C47H78N4O35/c1-12(59)48-24-31(69)28(66)17(6-53)77-42(24)82-36-21(10-57)79-43(26(50-14(3)61)39(36)86-47(46(74)75)4-15(62)23(51-22(64)11-58)38(85-47)27(65)16(63)5-52)84-40-30(68)19(8-55)78-45(34(40)72)81-35-20(9-56)80-44(33(71)32(35)70)83-37-25(49-13(2)60)41(73)76-18(7-54)29(37)67/h15-21,23-45,52-58,62-63,65-73H,4-11H2,1-3H3,(H,48,59)(H,49,60)(H,50,61)(H,51,64)(H,74,75)/t15-,16+,17+,18+,19+,20+,21+,23+,24+,25+,26+,27+,28-,29-,30-,31+,32+,33+,34+,35-,36-,37+,38+,39+,40-,41?,42-,43-,44-,45-,47?/m0/s1. The van der Waals surface area contributed by atoms with Crippen LogP contribution in [0.3, 0.4) is 0 Å². The van der Waals surface area contributed by atoms with E-state index in [-0.39, 0.29) is 0 Å². The van der Waals surface area contributed by atoms with Crippen molar-refractivity contribution < 1.29 is 173 Å². The number of amides is 4. The minimum Gasteiger partial charge on any atom is -0.477 e. The Morgan fingerprint density at radius 2 is 0.930 bits per heavy atom. The molecule has 0 aromatic rings. The first kappa shape index (κ1) is 71.3. The third kappa shape index (κ3) is 15.7. The number of hydrogen-bond donors (Lipinski definition) is 23. The molecule has 86 heavy (non-hydrogen) atoms. The summed E-state index contributed by atoms with van der Waals surface area (Å²) < 4.78 is 64.3. The minimum atomic E-state index is -3.44. The average molecular weight is 1260 g/mol. The number of aliphatic carboxylic acids is 1. The average Bonchev–Trinajstić information content (AvgIpc) is 0.971. The molecule has 4 amide bonds. The van der Waals surface area contributed by atoms with Crippen molar-refractivity contribution in [1.82, 2.24) is 21.3 Å². The van der Waals surface area contributed by atoms with Gasteiger partial charge in [0, 0.05) is 27.2 Å². The maximum atomic E-state index is 13.7. The number of hydrogen-bond acceptors (Lipinski definition) is 34. The molecule has 6 saturated heterocycles. The van der Waals surface area contributed by atoms with Crippen molar-refractivity contribution in [3.63, 3.8) is 0 Å². The first-order chi connectivity index (χ1) is 40.5. The van der Waals surface area contributed by atoms with Gasteiger partial charge in [0.25, 0.3) is 5.79 Å². The van der Waals surface area contributed by atoms with E-state index < -0.39 is 272 Å². The van der Waals surface area contributed by atoms with Crippen LogP contribution < -0.4 is 21.3 Å². The third-order valence-corrected chi connectivity index (χ3v) is 15.1. The topological polar surface area (TPSA) is 619 Å². The fourth-order valence-corrected chi connectivity index (χ4v) is 10.8. The highest BCUT2D eigenvalue weighted by Gasteiger charge is 2.63. The molecule has 6 heterocycles. The summed E-state index contributed by atoms with van der Waals surface area (Å²) in [4.78, 5) is 64.1. The summed E-state index contributed by atoms with van der Waals surface area (Å²) in [7, 11) is 0. The zero-order chi connectivity index (χ0) is 64.0. The molecule has 0 aromatic carbocycles. The van der Waals surface area contributed by atoms with Crippen LogP contribution in [-0.2, 0) is 76.1 Å². The van der Waals surface area contributed by atoms with Crippen LogP contribution in [0.2, 0.25) is 0 Å². The van der Waals surface area contributed by atoms with Crippen LogP contribution in [0.5, 0.6) is 0 Å². The second kappa shape index (κ2) is 30.8. The first-order valence-corrected chi connectivity index (χ1v) is 26.9. The molecule has 6 aliphatic rings. The number of nitrogens with one attached hydrogen (secondary N) is 4. The summed E-state index contributed by atoms with van der Waals surface area (Å²) in [6.45, 7) is -5.16. The molecule has 0 aromatic heterocycles. The fraction of sp³-hybridized carbons (Fsp3) is 0.894. The molecule has 0 spiro atoms. The molecule has 496 valence electrons. The maximum absolute atomic E-state index is 13.7. The van der Waals surface area contributed by atoms with Crippen LogP contribution in [0.15, 0.2) is 0 Å². The molecular formula is C47H78N4O35. The van der Waals surface area contributed by atoms with Gasteiger partial charge in [-0.1, -0.05) is 0 Å². The van der Waals surface area contributed by atoms with Gasteiger partial charge in [0.05, 0.1) is 51.8 Å². The minimum absolute atomic E-state index is 0.770. The van der Waals surface area contributed by atoms with E-state index in [9.17, 15) is 121 Å². The molecular weight excluding hydrogens is 1180 g/mol. The molecule has 6 fully saturated rings. The van der Waals surface area contributed by atoms with Crippen molar-refractivity contribution in [3.8, 4) is 0 Å². The molecule has 23 N–H and O–H groups in total. The number of carbonyl (C=O) groups excluding carboxylic acids is 4. The summed E-state index contributed by atoms with van der Waals surface area (Å²) in [5.74, 6) is -9.65. The Morgan fingerprint density at radius 3 is 1.49 bits per heavy atom. The summed E-state index contributed by atoms with van der Waals surface area (Å²) in [6.07, 6.45) is -55.9. The summed E-state index contributed by atoms with van der Waals surface area (Å²) in [6, 6.07) is -7.57. The van der Waals surface area contributed by atoms with E-state index in [0.29, 0.717) is 0 Å². The highest BCUT2D eigenvalue weighted by molar-refractivity contribution is 5.78. The lowest BCUT2D eigenvalue weighted by atomic mass is 9.87. The largest absolute Gasteiger partial charge is 0.477 e. The van der Waals surface area contributed by atoms with Crippen molar-refractivity contribution in [1.29, 1.82) is 0 Å². The number of aliphatic hydroxyl groups is 18. The van der Waals surface area contributed by atoms with Gasteiger partial charge < -0.3 is 170 Å². The third-order valence-electron chi connectivity index (χ3n) is 15.1. The second-order valence-electron chi connectivity index (χ2n) is 21.2. The van der Waals surface area contributed by atoms with E-state index in [1.54, 1.807) is 0 Å². The smallest absolute Gasteiger partial charge is 0.364 e. The molecule has 0 bridgehead atoms. The summed E-state index contributed by atoms with van der Waals surface area (Å²) >= 11 is 0. The zero-order valence-corrected chi connectivity index (χ0v) is 46.0. The lowest BCUT2D eigenvalue weighted by molar-refractivity contribution is -0.395. The van der Waals surface area contributed by atoms with Gasteiger partial charge in [0.2, 0.25) is 23.6 Å². The van der Waals surface area contributed by atoms with Crippen LogP contribution in [0.4, 0.5) is 0 Å². The number of ether oxygens (including phenoxy) is 11. The molecule has 0 saturated carbocycles. The van der Waals surface area contributed by atoms with Gasteiger partial charge in [-0.2, -0.15) is 0 Å². The summed E-state index contributed by atoms with van der Waals surface area (Å²) in [5, 5.41) is 215. The van der Waals surface area contributed by atoms with E-state index in [1.807, 2.05) is 0 Å². The number of carboxylic acid groups (broad SMARTS) is 1. The maximum Gasteiger partial charge on any atom is 0.364 e. The van der Waals surface area contributed by atoms with Crippen LogP contribution in [0, 0.1) is 0 Å². The lowest BCUT2D eigenvalue weighted by Crippen LogP contribution is -2.74. The molecule has 39 heteroatoms. The van der Waals surface area contributed by atoms with Crippen molar-refractivity contribution in [2.75, 3.05) is 46.2 Å². The van der Waals surface area contributed by atoms with Crippen LogP contribution in [0.25, 0.3) is 0 Å². The van der Waals surface area contributed by atoms with Crippen LogP contribution in [-0.4, -0.2) is 362 Å². The predicted molar refractivity (Wildman–Crippen MR) is 264 cm³/mol. The van der Waals surface area contributed by atoms with Crippen LogP contribution >= 0.6 is 0 Å². The highest BCUT2D eigenvalue weighted by atomic mass is 16.8. The van der Waals surface area contributed by atoms with Crippen molar-refractivity contribution in [2.24, 2.45) is 0 Å². The van der Waals surface area contributed by atoms with Gasteiger partial charge in [-0.3, -0.25) is 19.2 Å². The van der Waals surface area contributed by atoms with Gasteiger partial charge in [-0.25, -0.2) is 4.79 Å². The SMILES string of the molecule is CC(=O)N[C@H]1[C@H](O[C@@H]2[C@H](OC3(C(=O)O)C[C@H](O)[C@@H](NC(=O)CO)[C@H]([C@H](O)[C@H](O)CO)O3)[C@@H](NC(C)=O)[C@H](O[C@H]3[C@@H](O)[C@@H](CO)O[C@@H](O[C@@H]4[C@H](O)[C@@H](O)[C@H](O[C@H]5[C@@H](O)[C@@H](CO)OC(O)[C@@H]5NC(C)=O)O[C@@H]4CO)[C@@H]3O)O[C@@H]2CO)O[C@H](CO)[C@H](O)[C@@H]1O. The monoisotopic (exact) mass is 1260 g/mol. The van der Waals surface area contributed by atoms with E-state index in [1.165, 1.54) is 0 Å². The van der Waals surface area contributed by atoms with E-state index in [2.05, 4.69) is 21.3 Å². The number of carboxylic acids is 1. The fourth-order valence-electron chi connectivity index (χ4n) is 10.8. The summed E-state index contributed by atoms with van der Waals surface area (Å²) in [5.41, 5.74) is 0. The van der Waals surface area contributed by atoms with Gasteiger partial charge in [-0.15, -0.1) is 0 Å². The lowest BCUT2D eigenvalue weighted by Gasteiger charge is -2.53. The quantitative estimate of drug-likeness (QED) is 0.0427. The van der Waals surface area contributed by atoms with Crippen LogP contribution in [0.1, 0.15) is 27.2 Å². The highest BCUT2D eigenvalue weighted by Crippen LogP contribution is 2.41. The Morgan fingerprint density at radius 1 is 0.477 bits per heavy atom. The Labute approximate surface area is 486 Å². The van der Waals surface area contributed by atoms with Gasteiger partial charge in [0.15, 0.2) is 31.5 Å². The number of carbonyl (C=O) groups is 5. The molecule has 6 rings (SSSR count). The number of aliphatic hydroxyl groups excluding tert-OH is 18. The van der Waals surface area contributed by atoms with Gasteiger partial charge in [0.1, 0.15) is 147 Å². The number of rotatable bonds is 24. The molecule has 6 aliphatic heterocycles. The molecule has 39 nitrogen and oxygen atoms in total.